The number of rotatable bonds is 8. The van der Waals surface area contributed by atoms with Gasteiger partial charge in [-0.1, -0.05) is 19.9 Å². The summed E-state index contributed by atoms with van der Waals surface area (Å²) in [6.45, 7) is 4.83. The van der Waals surface area contributed by atoms with Gasteiger partial charge in [0.25, 0.3) is 11.8 Å². The van der Waals surface area contributed by atoms with Crippen LogP contribution in [0.15, 0.2) is 53.4 Å². The predicted molar refractivity (Wildman–Crippen MR) is 114 cm³/mol. The maximum atomic E-state index is 12.3. The summed E-state index contributed by atoms with van der Waals surface area (Å²) < 4.78 is 31.1. The molecule has 0 saturated carbocycles. The molecule has 0 aliphatic carbocycles. The number of carbonyl (C=O) groups excluding carboxylic acids is 2. The fourth-order valence-corrected chi connectivity index (χ4v) is 3.33. The van der Waals surface area contributed by atoms with Crippen LogP contribution in [-0.2, 0) is 10.0 Å². The Bertz CT molecular complexity index is 986. The Kier molecular flexibility index (Phi) is 7.96. The summed E-state index contributed by atoms with van der Waals surface area (Å²) in [5.74, 6) is 0.0689. The van der Waals surface area contributed by atoms with E-state index < -0.39 is 21.8 Å². The van der Waals surface area contributed by atoms with Crippen LogP contribution in [0, 0.1) is 5.92 Å². The monoisotopic (exact) mass is 433 g/mol. The van der Waals surface area contributed by atoms with Crippen LogP contribution >= 0.6 is 0 Å². The van der Waals surface area contributed by atoms with E-state index in [-0.39, 0.29) is 10.5 Å². The molecule has 0 atom stereocenters. The SMILES string of the molecule is CC(C)CCOc1ccc(C(=O)NNC(=O)c2cccc(S(=O)(=O)N(C)C)c2)cc1. The van der Waals surface area contributed by atoms with E-state index in [1.165, 1.54) is 38.4 Å². The lowest BCUT2D eigenvalue weighted by Crippen LogP contribution is -2.41. The highest BCUT2D eigenvalue weighted by Crippen LogP contribution is 2.15. The quantitative estimate of drug-likeness (QED) is 0.622. The van der Waals surface area contributed by atoms with Crippen LogP contribution in [-0.4, -0.2) is 45.2 Å². The molecule has 0 unspecified atom stereocenters. The number of amides is 2. The zero-order valence-corrected chi connectivity index (χ0v) is 18.3. The third-order valence-electron chi connectivity index (χ3n) is 4.24. The van der Waals surface area contributed by atoms with Crippen LogP contribution in [0.3, 0.4) is 0 Å². The smallest absolute Gasteiger partial charge is 0.269 e. The van der Waals surface area contributed by atoms with Crippen molar-refractivity contribution in [1.29, 1.82) is 0 Å². The second kappa shape index (κ2) is 10.2. The molecular formula is C21H27N3O5S. The zero-order chi connectivity index (χ0) is 22.3. The van der Waals surface area contributed by atoms with Crippen molar-refractivity contribution in [3.8, 4) is 5.75 Å². The first-order valence-corrected chi connectivity index (χ1v) is 10.9. The zero-order valence-electron chi connectivity index (χ0n) is 17.5. The summed E-state index contributed by atoms with van der Waals surface area (Å²) >= 11 is 0. The van der Waals surface area contributed by atoms with Crippen molar-refractivity contribution in [2.45, 2.75) is 25.2 Å². The Labute approximate surface area is 177 Å². The van der Waals surface area contributed by atoms with Crippen LogP contribution in [0.1, 0.15) is 41.0 Å². The van der Waals surface area contributed by atoms with Gasteiger partial charge in [0.2, 0.25) is 10.0 Å². The summed E-state index contributed by atoms with van der Waals surface area (Å²) in [6.07, 6.45) is 0.936. The molecular weight excluding hydrogens is 406 g/mol. The number of sulfonamides is 1. The Balaban J connectivity index is 1.95. The van der Waals surface area contributed by atoms with Gasteiger partial charge < -0.3 is 4.74 Å². The molecule has 0 saturated heterocycles. The molecule has 2 rings (SSSR count). The van der Waals surface area contributed by atoms with E-state index in [1.807, 2.05) is 0 Å². The van der Waals surface area contributed by atoms with Gasteiger partial charge in [-0.3, -0.25) is 20.4 Å². The summed E-state index contributed by atoms with van der Waals surface area (Å²) in [5, 5.41) is 0. The maximum absolute atomic E-state index is 12.3. The molecule has 0 radical (unpaired) electrons. The molecule has 0 heterocycles. The standard InChI is InChI=1S/C21H27N3O5S/c1-15(2)12-13-29-18-10-8-16(9-11-18)20(25)22-23-21(26)17-6-5-7-19(14-17)30(27,28)24(3)4/h5-11,14-15H,12-13H2,1-4H3,(H,22,25)(H,23,26). The molecule has 162 valence electrons. The lowest BCUT2D eigenvalue weighted by Gasteiger charge is -2.12. The van der Waals surface area contributed by atoms with Crippen LogP contribution in [0.4, 0.5) is 0 Å². The number of hydrogen-bond acceptors (Lipinski definition) is 5. The lowest BCUT2D eigenvalue weighted by molar-refractivity contribution is 0.0846. The number of nitrogens with zero attached hydrogens (tertiary/aromatic N) is 1. The molecule has 2 N–H and O–H groups in total. The van der Waals surface area contributed by atoms with Crippen molar-refractivity contribution in [2.24, 2.45) is 5.92 Å². The molecule has 0 fully saturated rings. The molecule has 0 aliphatic heterocycles. The second-order valence-electron chi connectivity index (χ2n) is 7.28. The molecule has 2 aromatic rings. The average Bonchev–Trinajstić information content (AvgIpc) is 2.72. The number of hydrogen-bond donors (Lipinski definition) is 2. The van der Waals surface area contributed by atoms with E-state index in [1.54, 1.807) is 24.3 Å². The van der Waals surface area contributed by atoms with Gasteiger partial charge in [-0.25, -0.2) is 12.7 Å². The first kappa shape index (κ1) is 23.4. The lowest BCUT2D eigenvalue weighted by atomic mass is 10.1. The van der Waals surface area contributed by atoms with E-state index in [4.69, 9.17) is 4.74 Å². The Morgan fingerprint density at radius 1 is 0.967 bits per heavy atom. The van der Waals surface area contributed by atoms with Gasteiger partial charge in [0.1, 0.15) is 5.75 Å². The number of carbonyl (C=O) groups is 2. The third kappa shape index (κ3) is 6.30. The summed E-state index contributed by atoms with van der Waals surface area (Å²) in [7, 11) is -0.857. The molecule has 30 heavy (non-hydrogen) atoms. The van der Waals surface area contributed by atoms with Gasteiger partial charge in [-0.15, -0.1) is 0 Å². The maximum Gasteiger partial charge on any atom is 0.269 e. The van der Waals surface area contributed by atoms with Crippen molar-refractivity contribution >= 4 is 21.8 Å². The van der Waals surface area contributed by atoms with Crippen molar-refractivity contribution in [3.05, 3.63) is 59.7 Å². The molecule has 0 aliphatic rings. The topological polar surface area (TPSA) is 105 Å². The van der Waals surface area contributed by atoms with Crippen molar-refractivity contribution in [3.63, 3.8) is 0 Å². The Morgan fingerprint density at radius 3 is 2.13 bits per heavy atom. The summed E-state index contributed by atoms with van der Waals surface area (Å²) in [4.78, 5) is 24.5. The van der Waals surface area contributed by atoms with E-state index in [2.05, 4.69) is 24.7 Å². The normalized spacial score (nSPS) is 11.4. The molecule has 0 aromatic heterocycles. The Morgan fingerprint density at radius 2 is 1.57 bits per heavy atom. The minimum atomic E-state index is -3.67. The molecule has 8 nitrogen and oxygen atoms in total. The minimum Gasteiger partial charge on any atom is -0.494 e. The average molecular weight is 434 g/mol. The van der Waals surface area contributed by atoms with Crippen LogP contribution < -0.4 is 15.6 Å². The fourth-order valence-electron chi connectivity index (χ4n) is 2.38. The minimum absolute atomic E-state index is 0.0143. The van der Waals surface area contributed by atoms with Gasteiger partial charge >= 0.3 is 0 Å². The van der Waals surface area contributed by atoms with E-state index in [0.29, 0.717) is 23.8 Å². The molecule has 2 aromatic carbocycles. The van der Waals surface area contributed by atoms with Crippen molar-refractivity contribution in [1.82, 2.24) is 15.2 Å². The van der Waals surface area contributed by atoms with Crippen LogP contribution in [0.5, 0.6) is 5.75 Å². The molecule has 9 heteroatoms. The van der Waals surface area contributed by atoms with Crippen LogP contribution in [0.2, 0.25) is 0 Å². The molecule has 0 spiro atoms. The highest BCUT2D eigenvalue weighted by molar-refractivity contribution is 7.89. The summed E-state index contributed by atoms with van der Waals surface area (Å²) in [6, 6.07) is 12.1. The van der Waals surface area contributed by atoms with E-state index in [9.17, 15) is 18.0 Å². The number of benzene rings is 2. The number of nitrogens with one attached hydrogen (secondary N) is 2. The van der Waals surface area contributed by atoms with Gasteiger partial charge in [0, 0.05) is 25.2 Å². The van der Waals surface area contributed by atoms with Crippen molar-refractivity contribution < 1.29 is 22.7 Å². The number of hydrazine groups is 1. The summed E-state index contributed by atoms with van der Waals surface area (Å²) in [5.41, 5.74) is 5.05. The van der Waals surface area contributed by atoms with Gasteiger partial charge in [0.15, 0.2) is 0 Å². The Hall–Kier alpha value is -2.91. The first-order chi connectivity index (χ1) is 14.1. The second-order valence-corrected chi connectivity index (χ2v) is 9.43. The van der Waals surface area contributed by atoms with E-state index in [0.717, 1.165) is 10.7 Å². The number of ether oxygens (including phenoxy) is 1. The first-order valence-electron chi connectivity index (χ1n) is 9.47. The van der Waals surface area contributed by atoms with Gasteiger partial charge in [-0.2, -0.15) is 0 Å². The predicted octanol–water partition coefficient (Wildman–Crippen LogP) is 2.44. The molecule has 0 bridgehead atoms. The highest BCUT2D eigenvalue weighted by atomic mass is 32.2. The van der Waals surface area contributed by atoms with Crippen LogP contribution in [0.25, 0.3) is 0 Å². The fraction of sp³-hybridized carbons (Fsp3) is 0.333. The van der Waals surface area contributed by atoms with Gasteiger partial charge in [-0.05, 0) is 54.8 Å². The van der Waals surface area contributed by atoms with Crippen molar-refractivity contribution in [2.75, 3.05) is 20.7 Å². The largest absolute Gasteiger partial charge is 0.494 e. The molecule has 2 amide bonds. The highest BCUT2D eigenvalue weighted by Gasteiger charge is 2.19. The van der Waals surface area contributed by atoms with Gasteiger partial charge in [0.05, 0.1) is 11.5 Å². The van der Waals surface area contributed by atoms with E-state index >= 15 is 0 Å². The third-order valence-corrected chi connectivity index (χ3v) is 6.06.